The molecule has 1 N–H and O–H groups in total. The highest BCUT2D eigenvalue weighted by Gasteiger charge is 2.46. The molecule has 0 saturated carbocycles. The molecule has 2 aromatic carbocycles. The number of hydrogen-bond acceptors (Lipinski definition) is 6. The summed E-state index contributed by atoms with van der Waals surface area (Å²) in [6.45, 7) is 0. The number of nitrogens with zero attached hydrogens (tertiary/aromatic N) is 1. The van der Waals surface area contributed by atoms with Crippen LogP contribution in [0.25, 0.3) is 10.1 Å². The van der Waals surface area contributed by atoms with Crippen LogP contribution in [0.2, 0.25) is 10.0 Å². The summed E-state index contributed by atoms with van der Waals surface area (Å²) < 4.78 is 69.2. The van der Waals surface area contributed by atoms with Gasteiger partial charge in [0.1, 0.15) is 0 Å². The Labute approximate surface area is 177 Å². The highest BCUT2D eigenvalue weighted by Crippen LogP contribution is 2.29. The minimum atomic E-state index is -5.63. The maximum atomic E-state index is 12.2. The van der Waals surface area contributed by atoms with E-state index < -0.39 is 32.8 Å². The first kappa shape index (κ1) is 23.2. The number of carbonyl (C=O) groups excluding carboxylic acids is 1. The molecule has 6 nitrogen and oxygen atoms in total. The second-order valence-corrected chi connectivity index (χ2v) is 8.54. The van der Waals surface area contributed by atoms with E-state index in [9.17, 15) is 26.4 Å². The van der Waals surface area contributed by atoms with Gasteiger partial charge in [0.2, 0.25) is 0 Å². The van der Waals surface area contributed by atoms with E-state index in [0.717, 1.165) is 40.4 Å². The Kier molecular flexibility index (Phi) is 7.33. The van der Waals surface area contributed by atoms with Gasteiger partial charge < -0.3 is 4.74 Å². The highest BCUT2D eigenvalue weighted by atomic mass is 35.5. The Morgan fingerprint density at radius 2 is 1.90 bits per heavy atom. The van der Waals surface area contributed by atoms with Crippen LogP contribution in [0.4, 0.5) is 18.9 Å². The molecule has 3 aromatic rings. The van der Waals surface area contributed by atoms with E-state index in [1.807, 2.05) is 24.4 Å². The third kappa shape index (κ3) is 5.72. The van der Waals surface area contributed by atoms with E-state index in [-0.39, 0.29) is 5.02 Å². The van der Waals surface area contributed by atoms with Crippen LogP contribution in [0.3, 0.4) is 0 Å². The van der Waals surface area contributed by atoms with E-state index in [1.54, 1.807) is 0 Å². The Bertz CT molecular complexity index is 1130. The van der Waals surface area contributed by atoms with Crippen molar-refractivity contribution in [2.75, 3.05) is 11.8 Å². The van der Waals surface area contributed by atoms with Gasteiger partial charge in [-0.05, 0) is 35.8 Å². The number of benzene rings is 2. The van der Waals surface area contributed by atoms with E-state index in [0.29, 0.717) is 0 Å². The summed E-state index contributed by atoms with van der Waals surface area (Å²) in [5.41, 5.74) is -6.50. The number of carbonyl (C=O) groups is 1. The van der Waals surface area contributed by atoms with Crippen molar-refractivity contribution in [2.24, 2.45) is 0 Å². The molecule has 1 heterocycles. The van der Waals surface area contributed by atoms with E-state index >= 15 is 0 Å². The van der Waals surface area contributed by atoms with Crippen LogP contribution < -0.4 is 4.72 Å². The van der Waals surface area contributed by atoms with Crippen molar-refractivity contribution < 1.29 is 31.1 Å². The number of ether oxygens (including phenoxy) is 1. The zero-order valence-corrected chi connectivity index (χ0v) is 17.5. The maximum absolute atomic E-state index is 12.2. The molecule has 0 amide bonds. The molecule has 0 spiro atoms. The number of rotatable bonds is 3. The lowest BCUT2D eigenvalue weighted by Gasteiger charge is -2.13. The maximum Gasteiger partial charge on any atom is 0.516 e. The van der Waals surface area contributed by atoms with Crippen LogP contribution in [-0.4, -0.2) is 31.4 Å². The van der Waals surface area contributed by atoms with Crippen LogP contribution in [0.15, 0.2) is 42.6 Å². The Balaban J connectivity index is 0.000000248. The summed E-state index contributed by atoms with van der Waals surface area (Å²) in [5.74, 6) is -1.03. The number of hydrogen-bond donors (Lipinski definition) is 1. The monoisotopic (exact) mass is 486 g/mol. The minimum Gasteiger partial charge on any atom is -0.465 e. The molecule has 0 atom stereocenters. The molecule has 13 heteroatoms. The predicted molar refractivity (Wildman–Crippen MR) is 106 cm³/mol. The second-order valence-electron chi connectivity index (χ2n) is 5.22. The van der Waals surface area contributed by atoms with Crippen molar-refractivity contribution >= 4 is 66.5 Å². The van der Waals surface area contributed by atoms with Crippen molar-refractivity contribution in [1.82, 2.24) is 4.37 Å². The highest BCUT2D eigenvalue weighted by molar-refractivity contribution is 7.93. The van der Waals surface area contributed by atoms with Crippen LogP contribution in [0.1, 0.15) is 10.4 Å². The van der Waals surface area contributed by atoms with Crippen LogP contribution in [-0.2, 0) is 14.8 Å². The van der Waals surface area contributed by atoms with Crippen molar-refractivity contribution in [2.45, 2.75) is 5.51 Å². The average Bonchev–Trinajstić information content (AvgIpc) is 3.12. The molecule has 3 rings (SSSR count). The van der Waals surface area contributed by atoms with Crippen LogP contribution in [0.5, 0.6) is 0 Å². The van der Waals surface area contributed by atoms with E-state index in [2.05, 4.69) is 9.11 Å². The molecule has 0 unspecified atom stereocenters. The molecule has 29 heavy (non-hydrogen) atoms. The summed E-state index contributed by atoms with van der Waals surface area (Å²) in [6.07, 6.45) is 1.83. The molecule has 156 valence electrons. The normalized spacial score (nSPS) is 11.5. The first-order chi connectivity index (χ1) is 13.5. The van der Waals surface area contributed by atoms with Crippen molar-refractivity contribution in [1.29, 1.82) is 0 Å². The predicted octanol–water partition coefficient (Wildman–Crippen LogP) is 5.34. The molecule has 0 radical (unpaired) electrons. The number of anilines is 1. The lowest BCUT2D eigenvalue weighted by molar-refractivity contribution is -0.0429. The third-order valence-electron chi connectivity index (χ3n) is 3.27. The number of halogens is 5. The molecule has 1 aromatic heterocycles. The van der Waals surface area contributed by atoms with Gasteiger partial charge in [0, 0.05) is 16.6 Å². The van der Waals surface area contributed by atoms with Crippen molar-refractivity contribution in [3.05, 3.63) is 58.2 Å². The SMILES string of the molecule is COC(=O)c1cc(Cl)ccc1NS(=O)(=O)C(F)(F)F.Clc1cccc2cnsc12. The number of fused-ring (bicyclic) bond motifs is 1. The van der Waals surface area contributed by atoms with Gasteiger partial charge >= 0.3 is 21.5 Å². The van der Waals surface area contributed by atoms with E-state index in [1.165, 1.54) is 16.3 Å². The van der Waals surface area contributed by atoms with Gasteiger partial charge in [-0.15, -0.1) is 0 Å². The number of alkyl halides is 3. The van der Waals surface area contributed by atoms with Gasteiger partial charge in [-0.3, -0.25) is 4.72 Å². The molecule has 0 aliphatic rings. The average molecular weight is 487 g/mol. The fraction of sp³-hybridized carbons (Fsp3) is 0.125. The Hall–Kier alpha value is -2.08. The smallest absolute Gasteiger partial charge is 0.465 e. The number of aromatic nitrogens is 1. The molecular formula is C16H11Cl2F3N2O4S2. The molecule has 0 aliphatic carbocycles. The molecular weight excluding hydrogens is 476 g/mol. The van der Waals surface area contributed by atoms with Gasteiger partial charge in [-0.1, -0.05) is 35.3 Å². The Morgan fingerprint density at radius 3 is 2.48 bits per heavy atom. The van der Waals surface area contributed by atoms with Gasteiger partial charge in [-0.2, -0.15) is 26.0 Å². The third-order valence-corrected chi connectivity index (χ3v) is 5.88. The van der Waals surface area contributed by atoms with Crippen molar-refractivity contribution in [3.63, 3.8) is 0 Å². The van der Waals surface area contributed by atoms with Crippen LogP contribution >= 0.6 is 34.7 Å². The van der Waals surface area contributed by atoms with Gasteiger partial charge in [0.05, 0.1) is 28.1 Å². The lowest BCUT2D eigenvalue weighted by Crippen LogP contribution is -2.30. The molecule has 0 saturated heterocycles. The molecule has 0 fully saturated rings. The van der Waals surface area contributed by atoms with Crippen molar-refractivity contribution in [3.8, 4) is 0 Å². The van der Waals surface area contributed by atoms with Gasteiger partial charge in [0.25, 0.3) is 0 Å². The van der Waals surface area contributed by atoms with Crippen LogP contribution in [0, 0.1) is 0 Å². The summed E-state index contributed by atoms with van der Waals surface area (Å²) in [6, 6.07) is 8.85. The number of methoxy groups -OCH3 is 1. The molecule has 0 aliphatic heterocycles. The quantitative estimate of drug-likeness (QED) is 0.505. The summed E-state index contributed by atoms with van der Waals surface area (Å²) in [5, 5.41) is 1.95. The minimum absolute atomic E-state index is 0.0374. The zero-order chi connectivity index (χ0) is 21.8. The van der Waals surface area contributed by atoms with Gasteiger partial charge in [-0.25, -0.2) is 4.79 Å². The Morgan fingerprint density at radius 1 is 1.21 bits per heavy atom. The fourth-order valence-electron chi connectivity index (χ4n) is 1.95. The topological polar surface area (TPSA) is 85.4 Å². The second kappa shape index (κ2) is 9.16. The number of sulfonamides is 1. The lowest BCUT2D eigenvalue weighted by atomic mass is 10.2. The zero-order valence-electron chi connectivity index (χ0n) is 14.3. The number of nitrogens with one attached hydrogen (secondary N) is 1. The van der Waals surface area contributed by atoms with Gasteiger partial charge in [0.15, 0.2) is 0 Å². The van der Waals surface area contributed by atoms with E-state index in [4.69, 9.17) is 23.2 Å². The largest absolute Gasteiger partial charge is 0.516 e. The summed E-state index contributed by atoms with van der Waals surface area (Å²) in [4.78, 5) is 11.3. The number of esters is 1. The molecule has 0 bridgehead atoms. The summed E-state index contributed by atoms with van der Waals surface area (Å²) >= 11 is 12.9. The first-order valence-corrected chi connectivity index (χ1v) is 10.4. The fourth-order valence-corrected chi connectivity index (χ4v) is 3.64. The first-order valence-electron chi connectivity index (χ1n) is 7.42. The standard InChI is InChI=1S/C9H7ClF3NO4S.C7H4ClNS/c1-18-8(15)6-4-5(10)2-3-7(6)14-19(16,17)9(11,12)13;8-6-3-1-2-5-4-9-10-7(5)6/h2-4,14H,1H3;1-4H. The summed E-state index contributed by atoms with van der Waals surface area (Å²) in [7, 11) is -4.64.